The zero-order chi connectivity index (χ0) is 17.2. The summed E-state index contributed by atoms with van der Waals surface area (Å²) in [5, 5.41) is 0. The molecule has 23 heavy (non-hydrogen) atoms. The summed E-state index contributed by atoms with van der Waals surface area (Å²) in [7, 11) is 1.63. The van der Waals surface area contributed by atoms with Gasteiger partial charge in [-0.1, -0.05) is 0 Å². The van der Waals surface area contributed by atoms with Crippen LogP contribution in [0, 0.1) is 6.92 Å². The summed E-state index contributed by atoms with van der Waals surface area (Å²) in [6.07, 6.45) is -2.63. The van der Waals surface area contributed by atoms with Crippen molar-refractivity contribution in [1.29, 1.82) is 0 Å². The third-order valence-electron chi connectivity index (χ3n) is 3.23. The second kappa shape index (κ2) is 6.57. The van der Waals surface area contributed by atoms with Crippen molar-refractivity contribution in [3.8, 4) is 5.69 Å². The van der Waals surface area contributed by atoms with Crippen LogP contribution in [0.5, 0.6) is 0 Å². The Morgan fingerprint density at radius 1 is 1.30 bits per heavy atom. The van der Waals surface area contributed by atoms with E-state index in [4.69, 9.17) is 0 Å². The molecule has 1 aromatic carbocycles. The highest BCUT2D eigenvalue weighted by atomic mass is 32.1. The van der Waals surface area contributed by atoms with Gasteiger partial charge in [-0.3, -0.25) is 4.57 Å². The summed E-state index contributed by atoms with van der Waals surface area (Å²) < 4.78 is 39.5. The van der Waals surface area contributed by atoms with Gasteiger partial charge in [0.2, 0.25) is 0 Å². The minimum atomic E-state index is -4.37. The first-order valence-corrected chi connectivity index (χ1v) is 7.70. The van der Waals surface area contributed by atoms with E-state index in [0.29, 0.717) is 17.0 Å². The van der Waals surface area contributed by atoms with E-state index in [9.17, 15) is 18.0 Å². The van der Waals surface area contributed by atoms with Crippen molar-refractivity contribution < 1.29 is 18.0 Å². The summed E-state index contributed by atoms with van der Waals surface area (Å²) in [5.41, 5.74) is -0.192. The van der Waals surface area contributed by atoms with E-state index < -0.39 is 17.8 Å². The van der Waals surface area contributed by atoms with Gasteiger partial charge in [0, 0.05) is 30.4 Å². The Kier molecular flexibility index (Phi) is 4.93. The van der Waals surface area contributed by atoms with Crippen molar-refractivity contribution in [1.82, 2.24) is 9.47 Å². The molecule has 2 amide bonds. The highest BCUT2D eigenvalue weighted by Gasteiger charge is 2.30. The SMILES string of the molecule is CCN(C)C(=O)/N=c1\sc(C)cn1-c1ccc(C(F)(F)F)cc1. The predicted molar refractivity (Wildman–Crippen MR) is 82.6 cm³/mol. The van der Waals surface area contributed by atoms with Crippen LogP contribution in [0.15, 0.2) is 35.5 Å². The number of aryl methyl sites for hydroxylation is 1. The molecule has 0 aliphatic carbocycles. The maximum Gasteiger partial charge on any atom is 0.416 e. The van der Waals surface area contributed by atoms with Gasteiger partial charge in [-0.15, -0.1) is 11.3 Å². The Morgan fingerprint density at radius 3 is 2.43 bits per heavy atom. The van der Waals surface area contributed by atoms with Gasteiger partial charge in [0.1, 0.15) is 0 Å². The number of carbonyl (C=O) groups is 1. The van der Waals surface area contributed by atoms with E-state index in [1.807, 2.05) is 13.8 Å². The molecule has 1 aromatic heterocycles. The fourth-order valence-corrected chi connectivity index (χ4v) is 2.66. The zero-order valence-corrected chi connectivity index (χ0v) is 13.7. The molecular weight excluding hydrogens is 327 g/mol. The van der Waals surface area contributed by atoms with Crippen LogP contribution in [0.3, 0.4) is 0 Å². The lowest BCUT2D eigenvalue weighted by molar-refractivity contribution is -0.137. The summed E-state index contributed by atoms with van der Waals surface area (Å²) in [5.74, 6) is 0. The average Bonchev–Trinajstić information content (AvgIpc) is 2.86. The van der Waals surface area contributed by atoms with Crippen LogP contribution in [-0.2, 0) is 6.18 Å². The van der Waals surface area contributed by atoms with Gasteiger partial charge in [-0.2, -0.15) is 18.2 Å². The number of nitrogens with zero attached hydrogens (tertiary/aromatic N) is 3. The van der Waals surface area contributed by atoms with Gasteiger partial charge in [0.05, 0.1) is 5.56 Å². The lowest BCUT2D eigenvalue weighted by Crippen LogP contribution is -2.26. The molecular formula is C15H16F3N3OS. The van der Waals surface area contributed by atoms with Crippen molar-refractivity contribution in [2.24, 2.45) is 4.99 Å². The smallest absolute Gasteiger partial charge is 0.326 e. The van der Waals surface area contributed by atoms with Crippen molar-refractivity contribution >= 4 is 17.4 Å². The van der Waals surface area contributed by atoms with Crippen molar-refractivity contribution in [2.75, 3.05) is 13.6 Å². The molecule has 0 N–H and O–H groups in total. The Hall–Kier alpha value is -2.09. The molecule has 0 saturated carbocycles. The quantitative estimate of drug-likeness (QED) is 0.816. The molecule has 124 valence electrons. The molecule has 2 aromatic rings. The number of benzene rings is 1. The number of thiazole rings is 1. The largest absolute Gasteiger partial charge is 0.416 e. The van der Waals surface area contributed by atoms with Crippen LogP contribution < -0.4 is 4.80 Å². The second-order valence-corrected chi connectivity index (χ2v) is 6.16. The maximum absolute atomic E-state index is 12.6. The van der Waals surface area contributed by atoms with Crippen LogP contribution in [-0.4, -0.2) is 29.1 Å². The minimum absolute atomic E-state index is 0.394. The van der Waals surface area contributed by atoms with Crippen molar-refractivity contribution in [3.63, 3.8) is 0 Å². The topological polar surface area (TPSA) is 37.6 Å². The van der Waals surface area contributed by atoms with Gasteiger partial charge < -0.3 is 4.90 Å². The summed E-state index contributed by atoms with van der Waals surface area (Å²) in [4.78, 5) is 18.7. The van der Waals surface area contributed by atoms with E-state index in [1.165, 1.54) is 28.4 Å². The maximum atomic E-state index is 12.6. The first-order valence-electron chi connectivity index (χ1n) is 6.89. The number of hydrogen-bond donors (Lipinski definition) is 0. The number of aromatic nitrogens is 1. The molecule has 0 bridgehead atoms. The van der Waals surface area contributed by atoms with Gasteiger partial charge in [0.15, 0.2) is 4.80 Å². The molecule has 0 unspecified atom stereocenters. The van der Waals surface area contributed by atoms with Crippen molar-refractivity contribution in [3.05, 3.63) is 45.7 Å². The van der Waals surface area contributed by atoms with Crippen LogP contribution in [0.1, 0.15) is 17.4 Å². The number of carbonyl (C=O) groups excluding carboxylic acids is 1. The second-order valence-electron chi connectivity index (χ2n) is 4.95. The molecule has 0 atom stereocenters. The average molecular weight is 343 g/mol. The fraction of sp³-hybridized carbons (Fsp3) is 0.333. The van der Waals surface area contributed by atoms with Gasteiger partial charge >= 0.3 is 12.2 Å². The number of amides is 2. The van der Waals surface area contributed by atoms with E-state index in [1.54, 1.807) is 17.8 Å². The minimum Gasteiger partial charge on any atom is -0.326 e. The van der Waals surface area contributed by atoms with E-state index in [0.717, 1.165) is 17.0 Å². The van der Waals surface area contributed by atoms with Gasteiger partial charge in [0.25, 0.3) is 0 Å². The summed E-state index contributed by atoms with van der Waals surface area (Å²) in [6.45, 7) is 4.20. The van der Waals surface area contributed by atoms with Crippen molar-refractivity contribution in [2.45, 2.75) is 20.0 Å². The Bertz CT molecular complexity index is 760. The Balaban J connectivity index is 2.45. The molecule has 4 nitrogen and oxygen atoms in total. The number of halogens is 3. The first-order chi connectivity index (χ1) is 10.7. The Labute approximate surface area is 135 Å². The third-order valence-corrected chi connectivity index (χ3v) is 4.13. The molecule has 0 aliphatic rings. The predicted octanol–water partition coefficient (Wildman–Crippen LogP) is 3.84. The van der Waals surface area contributed by atoms with Crippen LogP contribution in [0.25, 0.3) is 5.69 Å². The molecule has 8 heteroatoms. The van der Waals surface area contributed by atoms with Crippen LogP contribution in [0.2, 0.25) is 0 Å². The lowest BCUT2D eigenvalue weighted by atomic mass is 10.2. The highest BCUT2D eigenvalue weighted by molar-refractivity contribution is 7.09. The Morgan fingerprint density at radius 2 is 1.91 bits per heavy atom. The molecule has 1 heterocycles. The molecule has 2 rings (SSSR count). The van der Waals surface area contributed by atoms with E-state index >= 15 is 0 Å². The van der Waals surface area contributed by atoms with E-state index in [2.05, 4.69) is 4.99 Å². The number of urea groups is 1. The fourth-order valence-electron chi connectivity index (χ4n) is 1.83. The molecule has 0 radical (unpaired) electrons. The first kappa shape index (κ1) is 17.3. The lowest BCUT2D eigenvalue weighted by Gasteiger charge is -2.10. The number of rotatable bonds is 2. The summed E-state index contributed by atoms with van der Waals surface area (Å²) in [6, 6.07) is 4.36. The molecule has 0 aliphatic heterocycles. The summed E-state index contributed by atoms with van der Waals surface area (Å²) >= 11 is 1.30. The molecule has 0 saturated heterocycles. The van der Waals surface area contributed by atoms with Gasteiger partial charge in [-0.05, 0) is 38.1 Å². The normalized spacial score (nSPS) is 12.5. The standard InChI is InChI=1S/C15H16F3N3OS/c1-4-20(3)13(22)19-14-21(9-10(2)23-14)12-7-5-11(6-8-12)15(16,17)18/h5-9H,4H2,1-3H3/b19-14-. The molecule has 0 fully saturated rings. The van der Waals surface area contributed by atoms with E-state index in [-0.39, 0.29) is 0 Å². The number of hydrogen-bond acceptors (Lipinski definition) is 2. The zero-order valence-electron chi connectivity index (χ0n) is 12.9. The van der Waals surface area contributed by atoms with Crippen LogP contribution in [0.4, 0.5) is 18.0 Å². The van der Waals surface area contributed by atoms with Gasteiger partial charge in [-0.25, -0.2) is 4.79 Å². The molecule has 0 spiro atoms. The highest BCUT2D eigenvalue weighted by Crippen LogP contribution is 2.29. The monoisotopic (exact) mass is 343 g/mol. The number of alkyl halides is 3. The third kappa shape index (κ3) is 4.01. The van der Waals surface area contributed by atoms with Crippen LogP contribution >= 0.6 is 11.3 Å².